The molecule has 0 saturated heterocycles. The molecule has 0 unspecified atom stereocenters. The van der Waals surface area contributed by atoms with Gasteiger partial charge in [-0.05, 0) is 105 Å². The molecular weight excluding hydrogens is 861 g/mol. The molecule has 3 nitrogen and oxygen atoms in total. The molecule has 0 fully saturated rings. The third-order valence-corrected chi connectivity index (χ3v) is 14.4. The lowest BCUT2D eigenvalue weighted by Gasteiger charge is -2.28. The average molecular weight is 905 g/mol. The van der Waals surface area contributed by atoms with Crippen molar-refractivity contribution in [2.45, 2.75) is 0 Å². The van der Waals surface area contributed by atoms with Gasteiger partial charge in [-0.25, -0.2) is 0 Å². The van der Waals surface area contributed by atoms with Crippen molar-refractivity contribution in [3.63, 3.8) is 0 Å². The fourth-order valence-corrected chi connectivity index (χ4v) is 11.1. The molecule has 2 aromatic heterocycles. The van der Waals surface area contributed by atoms with Gasteiger partial charge in [-0.2, -0.15) is 0 Å². The highest BCUT2D eigenvalue weighted by atomic mass is 16.3. The van der Waals surface area contributed by atoms with Gasteiger partial charge in [-0.1, -0.05) is 206 Å². The van der Waals surface area contributed by atoms with Crippen LogP contribution in [-0.2, 0) is 0 Å². The van der Waals surface area contributed by atoms with E-state index in [2.05, 4.69) is 276 Å². The summed E-state index contributed by atoms with van der Waals surface area (Å²) in [6, 6.07) is 96.6. The third-order valence-electron chi connectivity index (χ3n) is 14.4. The molecule has 14 aromatic rings. The van der Waals surface area contributed by atoms with Gasteiger partial charge in [0.15, 0.2) is 0 Å². The maximum atomic E-state index is 6.97. The van der Waals surface area contributed by atoms with Crippen molar-refractivity contribution >= 4 is 82.4 Å². The van der Waals surface area contributed by atoms with E-state index in [1.54, 1.807) is 0 Å². The SMILES string of the molecule is c1cc(-c2ccc(N(c3ccc(-c4ccccc4-n4c5ccccc5c5ccccc54)cc3)c3ccccc3-c3cccc4c3oc3c5ccccc5ccc43)cc2)cc(-c2cccc3ccccc23)c1. The Balaban J connectivity index is 0.912. The highest BCUT2D eigenvalue weighted by molar-refractivity contribution is 6.18. The molecule has 0 atom stereocenters. The molecule has 0 bridgehead atoms. The number of rotatable bonds is 8. The van der Waals surface area contributed by atoms with Gasteiger partial charge in [-0.3, -0.25) is 0 Å². The van der Waals surface area contributed by atoms with Crippen LogP contribution in [0, 0.1) is 0 Å². The number of anilines is 3. The minimum Gasteiger partial charge on any atom is -0.455 e. The molecule has 0 saturated carbocycles. The van der Waals surface area contributed by atoms with Crippen molar-refractivity contribution in [2.75, 3.05) is 4.90 Å². The fraction of sp³-hybridized carbons (Fsp3) is 0. The Labute approximate surface area is 411 Å². The maximum Gasteiger partial charge on any atom is 0.143 e. The van der Waals surface area contributed by atoms with E-state index in [1.165, 1.54) is 49.3 Å². The second-order valence-corrected chi connectivity index (χ2v) is 18.4. The van der Waals surface area contributed by atoms with Crippen LogP contribution in [0.15, 0.2) is 271 Å². The van der Waals surface area contributed by atoms with Crippen molar-refractivity contribution in [3.05, 3.63) is 267 Å². The van der Waals surface area contributed by atoms with E-state index in [9.17, 15) is 0 Å². The normalized spacial score (nSPS) is 11.7. The minimum atomic E-state index is 0.879. The summed E-state index contributed by atoms with van der Waals surface area (Å²) < 4.78 is 9.38. The van der Waals surface area contributed by atoms with Crippen LogP contribution < -0.4 is 4.90 Å². The number of para-hydroxylation sites is 5. The van der Waals surface area contributed by atoms with Crippen LogP contribution in [0.25, 0.3) is 115 Å². The lowest BCUT2D eigenvalue weighted by molar-refractivity contribution is 0.674. The minimum absolute atomic E-state index is 0.879. The second-order valence-electron chi connectivity index (χ2n) is 18.4. The van der Waals surface area contributed by atoms with Gasteiger partial charge < -0.3 is 13.9 Å². The first kappa shape index (κ1) is 40.6. The van der Waals surface area contributed by atoms with E-state index in [4.69, 9.17) is 4.42 Å². The van der Waals surface area contributed by atoms with Gasteiger partial charge in [0.1, 0.15) is 11.2 Å². The van der Waals surface area contributed by atoms with E-state index in [-0.39, 0.29) is 0 Å². The predicted molar refractivity (Wildman–Crippen MR) is 299 cm³/mol. The average Bonchev–Trinajstić information content (AvgIpc) is 4.00. The van der Waals surface area contributed by atoms with Crippen molar-refractivity contribution in [3.8, 4) is 50.2 Å². The van der Waals surface area contributed by atoms with Crippen molar-refractivity contribution < 1.29 is 4.42 Å². The Bertz CT molecular complexity index is 4290. The van der Waals surface area contributed by atoms with Crippen molar-refractivity contribution in [1.29, 1.82) is 0 Å². The smallest absolute Gasteiger partial charge is 0.143 e. The van der Waals surface area contributed by atoms with Crippen molar-refractivity contribution in [2.24, 2.45) is 0 Å². The highest BCUT2D eigenvalue weighted by Gasteiger charge is 2.22. The molecule has 0 aliphatic heterocycles. The summed E-state index contributed by atoms with van der Waals surface area (Å²) in [5.41, 5.74) is 17.6. The summed E-state index contributed by atoms with van der Waals surface area (Å²) in [6.45, 7) is 0. The van der Waals surface area contributed by atoms with E-state index >= 15 is 0 Å². The van der Waals surface area contributed by atoms with Crippen LogP contribution in [0.5, 0.6) is 0 Å². The third kappa shape index (κ3) is 6.74. The number of hydrogen-bond donors (Lipinski definition) is 0. The Morgan fingerprint density at radius 3 is 1.55 bits per heavy atom. The first-order valence-corrected chi connectivity index (χ1v) is 24.3. The predicted octanol–water partition coefficient (Wildman–Crippen LogP) is 19.1. The Hall–Kier alpha value is -9.44. The zero-order chi connectivity index (χ0) is 46.8. The Kier molecular flexibility index (Phi) is 9.53. The molecule has 0 spiro atoms. The van der Waals surface area contributed by atoms with E-state index in [0.29, 0.717) is 0 Å². The van der Waals surface area contributed by atoms with Crippen LogP contribution in [-0.4, -0.2) is 4.57 Å². The van der Waals surface area contributed by atoms with Crippen molar-refractivity contribution in [1.82, 2.24) is 4.57 Å². The molecule has 2 heterocycles. The molecule has 0 amide bonds. The Morgan fingerprint density at radius 2 is 0.789 bits per heavy atom. The summed E-state index contributed by atoms with van der Waals surface area (Å²) in [7, 11) is 0. The maximum absolute atomic E-state index is 6.97. The fourth-order valence-electron chi connectivity index (χ4n) is 11.1. The number of hydrogen-bond acceptors (Lipinski definition) is 2. The molecule has 0 aliphatic carbocycles. The molecule has 3 heteroatoms. The standard InChI is InChI=1S/C68H44N2O/c1-3-21-53-46(16-1)18-14-27-54(53)50-20-13-19-49(44-50)45-34-39-51(40-35-45)69(64-31-10-8-26-59(64)60-28-15-29-61-62-43-38-47-17-2-4-23-56(47)67(62)71-68(60)61)52-41-36-48(37-42-52)55-22-5-9-30-63(55)70-65-32-11-6-24-57(65)58-25-7-12-33-66(58)70/h1-44H. The number of benzene rings is 12. The highest BCUT2D eigenvalue weighted by Crippen LogP contribution is 2.46. The summed E-state index contributed by atoms with van der Waals surface area (Å²) in [6.07, 6.45) is 0. The summed E-state index contributed by atoms with van der Waals surface area (Å²) in [5, 5.41) is 9.49. The summed E-state index contributed by atoms with van der Waals surface area (Å²) >= 11 is 0. The number of aromatic nitrogens is 1. The van der Waals surface area contributed by atoms with Crippen LogP contribution >= 0.6 is 0 Å². The molecule has 71 heavy (non-hydrogen) atoms. The monoisotopic (exact) mass is 904 g/mol. The van der Waals surface area contributed by atoms with E-state index in [0.717, 1.165) is 83.3 Å². The summed E-state index contributed by atoms with van der Waals surface area (Å²) in [5.74, 6) is 0. The number of fused-ring (bicyclic) bond motifs is 9. The lowest BCUT2D eigenvalue weighted by atomic mass is 9.95. The van der Waals surface area contributed by atoms with Gasteiger partial charge in [0, 0.05) is 55.0 Å². The van der Waals surface area contributed by atoms with Gasteiger partial charge >= 0.3 is 0 Å². The molecule has 14 rings (SSSR count). The molecule has 0 radical (unpaired) electrons. The molecular formula is C68H44N2O. The molecule has 0 aliphatic rings. The topological polar surface area (TPSA) is 21.3 Å². The van der Waals surface area contributed by atoms with E-state index in [1.807, 2.05) is 0 Å². The van der Waals surface area contributed by atoms with Gasteiger partial charge in [0.05, 0.1) is 22.4 Å². The van der Waals surface area contributed by atoms with Gasteiger partial charge in [0.2, 0.25) is 0 Å². The molecule has 332 valence electrons. The van der Waals surface area contributed by atoms with Gasteiger partial charge in [-0.15, -0.1) is 0 Å². The van der Waals surface area contributed by atoms with Crippen LogP contribution in [0.2, 0.25) is 0 Å². The quantitative estimate of drug-likeness (QED) is 0.151. The van der Waals surface area contributed by atoms with Gasteiger partial charge in [0.25, 0.3) is 0 Å². The van der Waals surface area contributed by atoms with Crippen LogP contribution in [0.3, 0.4) is 0 Å². The molecule has 0 N–H and O–H groups in total. The summed E-state index contributed by atoms with van der Waals surface area (Å²) in [4.78, 5) is 2.39. The largest absolute Gasteiger partial charge is 0.455 e. The number of furan rings is 1. The first-order chi connectivity index (χ1) is 35.2. The lowest BCUT2D eigenvalue weighted by Crippen LogP contribution is -2.11. The zero-order valence-corrected chi connectivity index (χ0v) is 38.7. The Morgan fingerprint density at radius 1 is 0.282 bits per heavy atom. The molecule has 12 aromatic carbocycles. The second kappa shape index (κ2) is 16.7. The first-order valence-electron chi connectivity index (χ1n) is 24.3. The van der Waals surface area contributed by atoms with Crippen LogP contribution in [0.4, 0.5) is 17.1 Å². The van der Waals surface area contributed by atoms with E-state index < -0.39 is 0 Å². The van der Waals surface area contributed by atoms with Crippen LogP contribution in [0.1, 0.15) is 0 Å². The zero-order valence-electron chi connectivity index (χ0n) is 38.7. The number of nitrogens with zero attached hydrogens (tertiary/aromatic N) is 2.